The zero-order chi connectivity index (χ0) is 12.9. The Morgan fingerprint density at radius 3 is 2.41 bits per heavy atom. The fourth-order valence-electron chi connectivity index (χ4n) is 1.03. The van der Waals surface area contributed by atoms with Crippen LogP contribution in [0.3, 0.4) is 0 Å². The van der Waals surface area contributed by atoms with Crippen LogP contribution in [0.25, 0.3) is 0 Å². The van der Waals surface area contributed by atoms with Gasteiger partial charge in [0.2, 0.25) is 0 Å². The highest BCUT2D eigenvalue weighted by Crippen LogP contribution is 2.30. The van der Waals surface area contributed by atoms with Crippen molar-refractivity contribution < 1.29 is 13.2 Å². The summed E-state index contributed by atoms with van der Waals surface area (Å²) in [5.74, 6) is 0. The summed E-state index contributed by atoms with van der Waals surface area (Å²) < 4.78 is 37.1. The zero-order valence-electron chi connectivity index (χ0n) is 8.42. The SMILES string of the molecule is N#CC(C#N)=CNc1cccc(C(F)(F)F)c1. The van der Waals surface area contributed by atoms with Crippen molar-refractivity contribution in [2.45, 2.75) is 6.18 Å². The van der Waals surface area contributed by atoms with Crippen LogP contribution in [0.15, 0.2) is 36.0 Å². The van der Waals surface area contributed by atoms with Crippen LogP contribution in [0, 0.1) is 22.7 Å². The molecule has 1 aromatic rings. The van der Waals surface area contributed by atoms with Crippen molar-refractivity contribution in [2.24, 2.45) is 0 Å². The lowest BCUT2D eigenvalue weighted by atomic mass is 10.2. The molecule has 0 heterocycles. The molecule has 0 aliphatic rings. The maximum atomic E-state index is 12.4. The molecule has 0 aliphatic carbocycles. The molecule has 0 atom stereocenters. The molecule has 0 saturated heterocycles. The minimum atomic E-state index is -4.42. The lowest BCUT2D eigenvalue weighted by Crippen LogP contribution is -2.05. The number of nitrogens with one attached hydrogen (secondary N) is 1. The number of hydrogen-bond donors (Lipinski definition) is 1. The van der Waals surface area contributed by atoms with Gasteiger partial charge in [-0.2, -0.15) is 23.7 Å². The van der Waals surface area contributed by atoms with Gasteiger partial charge in [-0.25, -0.2) is 0 Å². The van der Waals surface area contributed by atoms with E-state index in [1.54, 1.807) is 12.1 Å². The van der Waals surface area contributed by atoms with Gasteiger partial charge in [0.1, 0.15) is 17.7 Å². The molecular weight excluding hydrogens is 231 g/mol. The van der Waals surface area contributed by atoms with E-state index in [1.165, 1.54) is 12.1 Å². The molecule has 3 nitrogen and oxygen atoms in total. The summed E-state index contributed by atoms with van der Waals surface area (Å²) in [6.45, 7) is 0. The Morgan fingerprint density at radius 1 is 1.24 bits per heavy atom. The fraction of sp³-hybridized carbons (Fsp3) is 0.0909. The van der Waals surface area contributed by atoms with Crippen LogP contribution in [0.1, 0.15) is 5.56 Å². The number of alkyl halides is 3. The van der Waals surface area contributed by atoms with Gasteiger partial charge in [-0.05, 0) is 18.2 Å². The van der Waals surface area contributed by atoms with E-state index in [0.29, 0.717) is 0 Å². The Hall–Kier alpha value is -2.47. The molecule has 0 aliphatic heterocycles. The topological polar surface area (TPSA) is 59.6 Å². The normalized spacial score (nSPS) is 9.94. The summed E-state index contributed by atoms with van der Waals surface area (Å²) in [6.07, 6.45) is -3.37. The van der Waals surface area contributed by atoms with E-state index in [2.05, 4.69) is 5.32 Å². The Kier molecular flexibility index (Phi) is 3.74. The Labute approximate surface area is 95.4 Å². The number of halogens is 3. The molecule has 0 aromatic heterocycles. The van der Waals surface area contributed by atoms with Crippen molar-refractivity contribution in [2.75, 3.05) is 5.32 Å². The van der Waals surface area contributed by atoms with E-state index >= 15 is 0 Å². The number of anilines is 1. The van der Waals surface area contributed by atoms with Gasteiger partial charge in [-0.15, -0.1) is 0 Å². The zero-order valence-corrected chi connectivity index (χ0v) is 8.42. The van der Waals surface area contributed by atoms with Crippen LogP contribution in [-0.2, 0) is 6.18 Å². The second-order valence-corrected chi connectivity index (χ2v) is 3.00. The molecular formula is C11H6F3N3. The smallest absolute Gasteiger partial charge is 0.360 e. The first-order valence-electron chi connectivity index (χ1n) is 4.41. The molecule has 1 aromatic carbocycles. The average molecular weight is 237 g/mol. The summed E-state index contributed by atoms with van der Waals surface area (Å²) in [4.78, 5) is 0. The van der Waals surface area contributed by atoms with Crippen molar-refractivity contribution in [1.82, 2.24) is 0 Å². The summed E-state index contributed by atoms with van der Waals surface area (Å²) in [7, 11) is 0. The summed E-state index contributed by atoms with van der Waals surface area (Å²) in [5, 5.41) is 19.3. The molecule has 0 spiro atoms. The second-order valence-electron chi connectivity index (χ2n) is 3.00. The van der Waals surface area contributed by atoms with Crippen molar-refractivity contribution in [1.29, 1.82) is 10.5 Å². The van der Waals surface area contributed by atoms with Gasteiger partial charge < -0.3 is 5.32 Å². The maximum Gasteiger partial charge on any atom is 0.416 e. The number of allylic oxidation sites excluding steroid dienone is 1. The van der Waals surface area contributed by atoms with Gasteiger partial charge in [-0.3, -0.25) is 0 Å². The minimum Gasteiger partial charge on any atom is -0.360 e. The van der Waals surface area contributed by atoms with Gasteiger partial charge in [0.25, 0.3) is 0 Å². The van der Waals surface area contributed by atoms with Gasteiger partial charge >= 0.3 is 6.18 Å². The highest BCUT2D eigenvalue weighted by Gasteiger charge is 2.30. The Morgan fingerprint density at radius 2 is 1.88 bits per heavy atom. The quantitative estimate of drug-likeness (QED) is 0.804. The number of hydrogen-bond acceptors (Lipinski definition) is 3. The lowest BCUT2D eigenvalue weighted by molar-refractivity contribution is -0.137. The van der Waals surface area contributed by atoms with Gasteiger partial charge in [-0.1, -0.05) is 6.07 Å². The predicted octanol–water partition coefficient (Wildman–Crippen LogP) is 3.05. The molecule has 0 fully saturated rings. The largest absolute Gasteiger partial charge is 0.416 e. The highest BCUT2D eigenvalue weighted by molar-refractivity contribution is 5.51. The first-order valence-corrected chi connectivity index (χ1v) is 4.41. The third-order valence-electron chi connectivity index (χ3n) is 1.81. The van der Waals surface area contributed by atoms with Crippen LogP contribution in [0.2, 0.25) is 0 Å². The van der Waals surface area contributed by atoms with E-state index in [1.807, 2.05) is 0 Å². The van der Waals surface area contributed by atoms with Crippen molar-refractivity contribution in [3.05, 3.63) is 41.6 Å². The molecule has 17 heavy (non-hydrogen) atoms. The molecule has 0 bridgehead atoms. The average Bonchev–Trinajstić information content (AvgIpc) is 2.30. The molecule has 0 saturated carbocycles. The second kappa shape index (κ2) is 5.04. The van der Waals surface area contributed by atoms with Crippen molar-refractivity contribution >= 4 is 5.69 Å². The van der Waals surface area contributed by atoms with Crippen molar-refractivity contribution in [3.8, 4) is 12.1 Å². The van der Waals surface area contributed by atoms with Gasteiger partial charge in [0.15, 0.2) is 0 Å². The Bertz CT molecular complexity index is 502. The van der Waals surface area contributed by atoms with Crippen LogP contribution < -0.4 is 5.32 Å². The van der Waals surface area contributed by atoms with E-state index in [4.69, 9.17) is 10.5 Å². The third-order valence-corrected chi connectivity index (χ3v) is 1.81. The molecule has 0 unspecified atom stereocenters. The predicted molar refractivity (Wildman–Crippen MR) is 54.4 cm³/mol. The first kappa shape index (κ1) is 12.6. The highest BCUT2D eigenvalue weighted by atomic mass is 19.4. The molecule has 0 radical (unpaired) electrons. The Balaban J connectivity index is 2.93. The molecule has 1 N–H and O–H groups in total. The van der Waals surface area contributed by atoms with E-state index in [-0.39, 0.29) is 11.3 Å². The van der Waals surface area contributed by atoms with E-state index in [9.17, 15) is 13.2 Å². The van der Waals surface area contributed by atoms with Crippen LogP contribution >= 0.6 is 0 Å². The molecule has 6 heteroatoms. The number of nitriles is 2. The number of nitrogens with zero attached hydrogens (tertiary/aromatic N) is 2. The van der Waals surface area contributed by atoms with Crippen LogP contribution in [0.4, 0.5) is 18.9 Å². The van der Waals surface area contributed by atoms with Gasteiger partial charge in [0.05, 0.1) is 5.56 Å². The fourth-order valence-corrected chi connectivity index (χ4v) is 1.03. The van der Waals surface area contributed by atoms with Crippen LogP contribution in [0.5, 0.6) is 0 Å². The standard InChI is InChI=1S/C11H6F3N3/c12-11(13,14)9-2-1-3-10(4-9)17-7-8(5-15)6-16/h1-4,7,17H. The summed E-state index contributed by atoms with van der Waals surface area (Å²) in [5.41, 5.74) is -0.864. The van der Waals surface area contributed by atoms with E-state index in [0.717, 1.165) is 18.3 Å². The number of rotatable bonds is 2. The summed E-state index contributed by atoms with van der Waals surface area (Å²) >= 11 is 0. The number of benzene rings is 1. The lowest BCUT2D eigenvalue weighted by Gasteiger charge is -2.08. The van der Waals surface area contributed by atoms with Crippen molar-refractivity contribution in [3.63, 3.8) is 0 Å². The van der Waals surface area contributed by atoms with E-state index < -0.39 is 11.7 Å². The molecule has 1 rings (SSSR count). The maximum absolute atomic E-state index is 12.4. The minimum absolute atomic E-state index is 0.155. The monoisotopic (exact) mass is 237 g/mol. The van der Waals surface area contributed by atoms with Crippen LogP contribution in [-0.4, -0.2) is 0 Å². The third kappa shape index (κ3) is 3.54. The van der Waals surface area contributed by atoms with Gasteiger partial charge in [0, 0.05) is 11.9 Å². The molecule has 86 valence electrons. The summed E-state index contributed by atoms with van der Waals surface area (Å²) in [6, 6.07) is 7.63. The first-order chi connectivity index (χ1) is 7.97. The molecule has 0 amide bonds.